The number of hydrogen-bond acceptors (Lipinski definition) is 3. The van der Waals surface area contributed by atoms with Crippen molar-refractivity contribution in [3.8, 4) is 11.4 Å². The van der Waals surface area contributed by atoms with E-state index in [0.717, 1.165) is 39.7 Å². The first kappa shape index (κ1) is 16.0. The van der Waals surface area contributed by atoms with Crippen molar-refractivity contribution >= 4 is 28.8 Å². The Balaban J connectivity index is 1.91. The molecule has 0 amide bonds. The number of aryl methyl sites for hydroxylation is 2. The number of hydrogen-bond donors (Lipinski definition) is 0. The maximum absolute atomic E-state index is 5.94. The Hall–Kier alpha value is -1.91. The molecular weight excluding hydrogens is 326 g/mol. The molecule has 0 radical (unpaired) electrons. The minimum atomic E-state index is 0.726. The van der Waals surface area contributed by atoms with E-state index in [1.54, 1.807) is 0 Å². The summed E-state index contributed by atoms with van der Waals surface area (Å²) in [5.74, 6) is 0.896. The molecule has 3 nitrogen and oxygen atoms in total. The largest absolute Gasteiger partial charge is 0.281 e. The molecule has 1 heterocycles. The van der Waals surface area contributed by atoms with Crippen molar-refractivity contribution < 1.29 is 0 Å². The highest BCUT2D eigenvalue weighted by molar-refractivity contribution is 7.03. The summed E-state index contributed by atoms with van der Waals surface area (Å²) in [6.45, 7) is 2.19. The molecule has 3 rings (SSSR count). The van der Waals surface area contributed by atoms with Crippen LogP contribution in [0.1, 0.15) is 18.9 Å². The zero-order valence-corrected chi connectivity index (χ0v) is 14.7. The maximum Gasteiger partial charge on any atom is 0.227 e. The van der Waals surface area contributed by atoms with E-state index in [-0.39, 0.29) is 0 Å². The van der Waals surface area contributed by atoms with Gasteiger partial charge in [0, 0.05) is 17.6 Å². The monoisotopic (exact) mass is 343 g/mol. The van der Waals surface area contributed by atoms with Crippen LogP contribution >= 0.6 is 23.1 Å². The number of aromatic nitrogens is 2. The fraction of sp³-hybridized carbons (Fsp3) is 0.222. The molecule has 0 N–H and O–H groups in total. The Morgan fingerprint density at radius 1 is 1.09 bits per heavy atom. The third-order valence-corrected chi connectivity index (χ3v) is 4.57. The first-order chi connectivity index (χ1) is 11.2. The number of benzene rings is 2. The van der Waals surface area contributed by atoms with Gasteiger partial charge in [0.1, 0.15) is 0 Å². The van der Waals surface area contributed by atoms with Crippen LogP contribution in [0.5, 0.6) is 0 Å². The van der Waals surface area contributed by atoms with Gasteiger partial charge < -0.3 is 0 Å². The van der Waals surface area contributed by atoms with E-state index >= 15 is 0 Å². The van der Waals surface area contributed by atoms with Gasteiger partial charge in [-0.15, -0.1) is 0 Å². The number of halogens is 1. The summed E-state index contributed by atoms with van der Waals surface area (Å²) >= 11 is 7.47. The first-order valence-corrected chi connectivity index (χ1v) is 8.75. The molecule has 0 aliphatic heterocycles. The fourth-order valence-corrected chi connectivity index (χ4v) is 3.25. The summed E-state index contributed by atoms with van der Waals surface area (Å²) in [6, 6.07) is 16.1. The lowest BCUT2D eigenvalue weighted by molar-refractivity contribution is 0.922. The summed E-state index contributed by atoms with van der Waals surface area (Å²) < 4.78 is 2.02. The Morgan fingerprint density at radius 2 is 1.78 bits per heavy atom. The lowest BCUT2D eigenvalue weighted by atomic mass is 10.1. The van der Waals surface area contributed by atoms with E-state index in [4.69, 9.17) is 11.6 Å². The van der Waals surface area contributed by atoms with Crippen molar-refractivity contribution in [1.29, 1.82) is 0 Å². The van der Waals surface area contributed by atoms with E-state index in [1.165, 1.54) is 17.1 Å². The summed E-state index contributed by atoms with van der Waals surface area (Å²) in [5.41, 5.74) is 3.31. The van der Waals surface area contributed by atoms with Crippen molar-refractivity contribution in [2.45, 2.75) is 19.8 Å². The Labute approximate surface area is 145 Å². The molecule has 0 aliphatic carbocycles. The van der Waals surface area contributed by atoms with Crippen LogP contribution in [0.25, 0.3) is 11.4 Å². The van der Waals surface area contributed by atoms with Gasteiger partial charge in [-0.1, -0.05) is 37.1 Å². The van der Waals surface area contributed by atoms with E-state index in [0.29, 0.717) is 0 Å². The average Bonchev–Trinajstić information content (AvgIpc) is 2.91. The molecule has 0 atom stereocenters. The summed E-state index contributed by atoms with van der Waals surface area (Å²) in [6.07, 6.45) is 2.26. The van der Waals surface area contributed by atoms with Crippen LogP contribution in [-0.4, -0.2) is 8.94 Å². The summed E-state index contributed by atoms with van der Waals surface area (Å²) in [4.78, 5) is 10.0. The molecule has 0 fully saturated rings. The Bertz CT molecular complexity index is 845. The van der Waals surface area contributed by atoms with Gasteiger partial charge in [0.25, 0.3) is 0 Å². The SMILES string of the molecule is CCCc1ccc(N=c2nc(-c3ccc(Cl)cc3)n(C)s2)cc1. The van der Waals surface area contributed by atoms with Crippen molar-refractivity contribution in [3.05, 3.63) is 63.9 Å². The summed E-state index contributed by atoms with van der Waals surface area (Å²) in [5, 5.41) is 0.726. The predicted octanol–water partition coefficient (Wildman–Crippen LogP) is 4.99. The minimum absolute atomic E-state index is 0.726. The average molecular weight is 344 g/mol. The molecule has 1 aromatic heterocycles. The smallest absolute Gasteiger partial charge is 0.227 e. The van der Waals surface area contributed by atoms with Crippen LogP contribution in [0.15, 0.2) is 53.5 Å². The second kappa shape index (κ2) is 7.11. The van der Waals surface area contributed by atoms with Gasteiger partial charge in [-0.05, 0) is 59.9 Å². The summed E-state index contributed by atoms with van der Waals surface area (Å²) in [7, 11) is 1.99. The molecule has 0 saturated heterocycles. The molecule has 5 heteroatoms. The van der Waals surface area contributed by atoms with Crippen LogP contribution in [-0.2, 0) is 13.5 Å². The third kappa shape index (κ3) is 3.89. The lowest BCUT2D eigenvalue weighted by Crippen LogP contribution is -1.96. The molecule has 0 saturated carbocycles. The van der Waals surface area contributed by atoms with Crippen molar-refractivity contribution in [1.82, 2.24) is 8.94 Å². The normalized spacial score (nSPS) is 11.9. The molecule has 118 valence electrons. The van der Waals surface area contributed by atoms with E-state index < -0.39 is 0 Å². The molecular formula is C18H18ClN3S. The van der Waals surface area contributed by atoms with Gasteiger partial charge in [0.2, 0.25) is 4.80 Å². The van der Waals surface area contributed by atoms with Crippen LogP contribution in [0.2, 0.25) is 5.02 Å². The van der Waals surface area contributed by atoms with Crippen molar-refractivity contribution in [3.63, 3.8) is 0 Å². The second-order valence-electron chi connectivity index (χ2n) is 5.34. The van der Waals surface area contributed by atoms with Crippen molar-refractivity contribution in [2.24, 2.45) is 12.0 Å². The predicted molar refractivity (Wildman–Crippen MR) is 97.2 cm³/mol. The van der Waals surface area contributed by atoms with Crippen LogP contribution in [0.3, 0.4) is 0 Å². The van der Waals surface area contributed by atoms with Gasteiger partial charge >= 0.3 is 0 Å². The zero-order chi connectivity index (χ0) is 16.2. The first-order valence-electron chi connectivity index (χ1n) is 7.59. The highest BCUT2D eigenvalue weighted by atomic mass is 35.5. The highest BCUT2D eigenvalue weighted by Gasteiger charge is 2.06. The van der Waals surface area contributed by atoms with Gasteiger partial charge in [0.15, 0.2) is 5.82 Å². The molecule has 3 aromatic rings. The third-order valence-electron chi connectivity index (χ3n) is 3.52. The quantitative estimate of drug-likeness (QED) is 0.656. The Morgan fingerprint density at radius 3 is 2.43 bits per heavy atom. The lowest BCUT2D eigenvalue weighted by Gasteiger charge is -1.99. The standard InChI is InChI=1S/C18H18ClN3S/c1-3-4-13-5-11-16(12-6-13)20-18-21-17(22(2)23-18)14-7-9-15(19)10-8-14/h5-12H,3-4H2,1-2H3. The molecule has 0 bridgehead atoms. The van der Waals surface area contributed by atoms with Gasteiger partial charge in [0.05, 0.1) is 5.69 Å². The van der Waals surface area contributed by atoms with Gasteiger partial charge in [-0.3, -0.25) is 3.96 Å². The van der Waals surface area contributed by atoms with E-state index in [9.17, 15) is 0 Å². The second-order valence-corrected chi connectivity index (χ2v) is 6.87. The number of rotatable bonds is 4. The molecule has 0 unspecified atom stereocenters. The highest BCUT2D eigenvalue weighted by Crippen LogP contribution is 2.20. The van der Waals surface area contributed by atoms with Gasteiger partial charge in [-0.2, -0.15) is 4.98 Å². The van der Waals surface area contributed by atoms with Gasteiger partial charge in [-0.25, -0.2) is 4.99 Å². The molecule has 2 aromatic carbocycles. The Kier molecular flexibility index (Phi) is 4.94. The molecule has 0 spiro atoms. The number of nitrogens with zero attached hydrogens (tertiary/aromatic N) is 3. The minimum Gasteiger partial charge on any atom is -0.281 e. The fourth-order valence-electron chi connectivity index (χ4n) is 2.37. The molecule has 0 aliphatic rings. The van der Waals surface area contributed by atoms with Crippen LogP contribution in [0, 0.1) is 0 Å². The topological polar surface area (TPSA) is 30.2 Å². The maximum atomic E-state index is 5.94. The van der Waals surface area contributed by atoms with Crippen LogP contribution in [0.4, 0.5) is 5.69 Å². The van der Waals surface area contributed by atoms with Crippen molar-refractivity contribution in [2.75, 3.05) is 0 Å². The van der Waals surface area contributed by atoms with E-state index in [1.807, 2.05) is 47.4 Å². The zero-order valence-electron chi connectivity index (χ0n) is 13.2. The molecule has 23 heavy (non-hydrogen) atoms. The van der Waals surface area contributed by atoms with Crippen LogP contribution < -0.4 is 4.80 Å². The van der Waals surface area contributed by atoms with E-state index in [2.05, 4.69) is 29.0 Å².